The minimum Gasteiger partial charge on any atom is -0.352 e. The molecule has 1 aliphatic rings. The number of anilines is 1. The van der Waals surface area contributed by atoms with Crippen molar-refractivity contribution in [1.29, 1.82) is 0 Å². The Labute approximate surface area is 149 Å². The van der Waals surface area contributed by atoms with Gasteiger partial charge in [-0.1, -0.05) is 31.2 Å². The van der Waals surface area contributed by atoms with Crippen LogP contribution >= 0.6 is 0 Å². The number of hydrogen-bond acceptors (Lipinski definition) is 4. The maximum Gasteiger partial charge on any atom is 0.225 e. The molecule has 1 fully saturated rings. The van der Waals surface area contributed by atoms with E-state index in [0.29, 0.717) is 6.42 Å². The largest absolute Gasteiger partial charge is 0.352 e. The second kappa shape index (κ2) is 8.10. The number of rotatable bonds is 5. The van der Waals surface area contributed by atoms with Gasteiger partial charge in [-0.2, -0.15) is 0 Å². The van der Waals surface area contributed by atoms with E-state index in [2.05, 4.69) is 46.2 Å². The summed E-state index contributed by atoms with van der Waals surface area (Å²) in [4.78, 5) is 23.3. The standard InChI is InChI=1S/C20H26N4O/c1-15-7-3-4-9-18(15)16(2)13-19(25)23-17-8-5-12-24(14-17)20-21-10-6-11-22-20/h3-4,6-7,9-11,16-17H,5,8,12-14H2,1-2H3,(H,23,25)/t16-,17-/m0/s1. The van der Waals surface area contributed by atoms with E-state index in [-0.39, 0.29) is 17.9 Å². The molecular weight excluding hydrogens is 312 g/mol. The number of hydrogen-bond donors (Lipinski definition) is 1. The first-order valence-electron chi connectivity index (χ1n) is 9.00. The van der Waals surface area contributed by atoms with E-state index >= 15 is 0 Å². The maximum absolute atomic E-state index is 12.5. The van der Waals surface area contributed by atoms with E-state index in [4.69, 9.17) is 0 Å². The van der Waals surface area contributed by atoms with Gasteiger partial charge in [0.25, 0.3) is 0 Å². The zero-order valence-electron chi connectivity index (χ0n) is 15.0. The summed E-state index contributed by atoms with van der Waals surface area (Å²) >= 11 is 0. The highest BCUT2D eigenvalue weighted by molar-refractivity contribution is 5.77. The minimum atomic E-state index is 0.122. The van der Waals surface area contributed by atoms with Crippen LogP contribution in [0.3, 0.4) is 0 Å². The fourth-order valence-electron chi connectivity index (χ4n) is 3.55. The third-order valence-corrected chi connectivity index (χ3v) is 4.83. The Bertz CT molecular complexity index is 704. The van der Waals surface area contributed by atoms with Gasteiger partial charge in [-0.3, -0.25) is 4.79 Å². The van der Waals surface area contributed by atoms with E-state index in [0.717, 1.165) is 31.9 Å². The van der Waals surface area contributed by atoms with Crippen LogP contribution in [-0.2, 0) is 4.79 Å². The van der Waals surface area contributed by atoms with Gasteiger partial charge in [0.15, 0.2) is 0 Å². The summed E-state index contributed by atoms with van der Waals surface area (Å²) in [7, 11) is 0. The van der Waals surface area contributed by atoms with Crippen molar-refractivity contribution in [3.05, 3.63) is 53.9 Å². The van der Waals surface area contributed by atoms with Crippen LogP contribution in [0.1, 0.15) is 43.2 Å². The summed E-state index contributed by atoms with van der Waals surface area (Å²) in [6, 6.07) is 10.3. The van der Waals surface area contributed by atoms with Crippen molar-refractivity contribution < 1.29 is 4.79 Å². The molecule has 0 bridgehead atoms. The number of benzene rings is 1. The molecular formula is C20H26N4O. The highest BCUT2D eigenvalue weighted by Crippen LogP contribution is 2.22. The van der Waals surface area contributed by atoms with E-state index in [1.165, 1.54) is 11.1 Å². The summed E-state index contributed by atoms with van der Waals surface area (Å²) < 4.78 is 0. The van der Waals surface area contributed by atoms with E-state index < -0.39 is 0 Å². The normalized spacial score (nSPS) is 18.6. The topological polar surface area (TPSA) is 58.1 Å². The minimum absolute atomic E-state index is 0.122. The van der Waals surface area contributed by atoms with Crippen LogP contribution in [0.5, 0.6) is 0 Å². The van der Waals surface area contributed by atoms with Gasteiger partial charge >= 0.3 is 0 Å². The van der Waals surface area contributed by atoms with Gasteiger partial charge in [-0.25, -0.2) is 9.97 Å². The molecule has 132 valence electrons. The molecule has 1 saturated heterocycles. The van der Waals surface area contributed by atoms with Gasteiger partial charge < -0.3 is 10.2 Å². The van der Waals surface area contributed by atoms with Gasteiger partial charge in [0, 0.05) is 37.9 Å². The third kappa shape index (κ3) is 4.56. The molecule has 2 aromatic rings. The lowest BCUT2D eigenvalue weighted by atomic mass is 9.93. The first-order valence-corrected chi connectivity index (χ1v) is 9.00. The highest BCUT2D eigenvalue weighted by atomic mass is 16.1. The predicted octanol–water partition coefficient (Wildman–Crippen LogP) is 3.06. The Morgan fingerprint density at radius 3 is 2.80 bits per heavy atom. The van der Waals surface area contributed by atoms with Crippen molar-refractivity contribution in [1.82, 2.24) is 15.3 Å². The number of nitrogens with one attached hydrogen (secondary N) is 1. The van der Waals surface area contributed by atoms with Gasteiger partial charge in [0.05, 0.1) is 0 Å². The number of carbonyl (C=O) groups is 1. The first-order chi connectivity index (χ1) is 12.1. The van der Waals surface area contributed by atoms with Crippen molar-refractivity contribution in [2.45, 2.75) is 45.1 Å². The zero-order valence-corrected chi connectivity index (χ0v) is 15.0. The van der Waals surface area contributed by atoms with Crippen LogP contribution in [-0.4, -0.2) is 35.0 Å². The second-order valence-corrected chi connectivity index (χ2v) is 6.86. The van der Waals surface area contributed by atoms with Crippen LogP contribution in [0.15, 0.2) is 42.7 Å². The van der Waals surface area contributed by atoms with Crippen LogP contribution < -0.4 is 10.2 Å². The Balaban J connectivity index is 1.55. The summed E-state index contributed by atoms with van der Waals surface area (Å²) in [6.07, 6.45) is 6.08. The molecule has 0 unspecified atom stereocenters. The van der Waals surface area contributed by atoms with Crippen LogP contribution in [0.4, 0.5) is 5.95 Å². The monoisotopic (exact) mass is 338 g/mol. The molecule has 1 N–H and O–H groups in total. The number of aromatic nitrogens is 2. The molecule has 0 radical (unpaired) electrons. The molecule has 5 heteroatoms. The number of aryl methyl sites for hydroxylation is 1. The predicted molar refractivity (Wildman–Crippen MR) is 99.6 cm³/mol. The molecule has 3 rings (SSSR count). The fourth-order valence-corrected chi connectivity index (χ4v) is 3.55. The van der Waals surface area contributed by atoms with Crippen molar-refractivity contribution in [2.24, 2.45) is 0 Å². The molecule has 0 aliphatic carbocycles. The van der Waals surface area contributed by atoms with Crippen molar-refractivity contribution >= 4 is 11.9 Å². The van der Waals surface area contributed by atoms with E-state index in [1.54, 1.807) is 12.4 Å². The van der Waals surface area contributed by atoms with Crippen molar-refractivity contribution in [2.75, 3.05) is 18.0 Å². The lowest BCUT2D eigenvalue weighted by Crippen LogP contribution is -2.48. The molecule has 1 aliphatic heterocycles. The summed E-state index contributed by atoms with van der Waals surface area (Å²) in [5.41, 5.74) is 2.49. The SMILES string of the molecule is Cc1ccccc1[C@@H](C)CC(=O)N[C@H]1CCCN(c2ncccn2)C1. The zero-order chi connectivity index (χ0) is 17.6. The molecule has 2 atom stereocenters. The van der Waals surface area contributed by atoms with E-state index in [1.807, 2.05) is 18.2 Å². The molecule has 0 spiro atoms. The van der Waals surface area contributed by atoms with E-state index in [9.17, 15) is 4.79 Å². The summed E-state index contributed by atoms with van der Waals surface area (Å²) in [5.74, 6) is 1.09. The molecule has 0 saturated carbocycles. The van der Waals surface area contributed by atoms with Gasteiger partial charge in [0.1, 0.15) is 0 Å². The number of nitrogens with zero attached hydrogens (tertiary/aromatic N) is 3. The maximum atomic E-state index is 12.5. The number of amides is 1. The van der Waals surface area contributed by atoms with Gasteiger partial charge in [-0.05, 0) is 42.9 Å². The average Bonchev–Trinajstić information content (AvgIpc) is 2.63. The van der Waals surface area contributed by atoms with Gasteiger partial charge in [-0.15, -0.1) is 0 Å². The molecule has 1 aromatic carbocycles. The summed E-state index contributed by atoms with van der Waals surface area (Å²) in [6.45, 7) is 5.93. The molecule has 2 heterocycles. The number of carbonyl (C=O) groups excluding carboxylic acids is 1. The first kappa shape index (κ1) is 17.4. The second-order valence-electron chi connectivity index (χ2n) is 6.86. The Morgan fingerprint density at radius 2 is 2.04 bits per heavy atom. The smallest absolute Gasteiger partial charge is 0.225 e. The Kier molecular flexibility index (Phi) is 5.64. The fraction of sp³-hybridized carbons (Fsp3) is 0.450. The number of piperidine rings is 1. The Morgan fingerprint density at radius 1 is 1.28 bits per heavy atom. The van der Waals surface area contributed by atoms with Crippen LogP contribution in [0.25, 0.3) is 0 Å². The lowest BCUT2D eigenvalue weighted by molar-refractivity contribution is -0.122. The van der Waals surface area contributed by atoms with Crippen molar-refractivity contribution in [3.8, 4) is 0 Å². The third-order valence-electron chi connectivity index (χ3n) is 4.83. The Hall–Kier alpha value is -2.43. The average molecular weight is 338 g/mol. The lowest BCUT2D eigenvalue weighted by Gasteiger charge is -2.33. The van der Waals surface area contributed by atoms with Crippen molar-refractivity contribution in [3.63, 3.8) is 0 Å². The quantitative estimate of drug-likeness (QED) is 0.910. The summed E-state index contributed by atoms with van der Waals surface area (Å²) in [5, 5.41) is 3.20. The molecule has 5 nitrogen and oxygen atoms in total. The molecule has 25 heavy (non-hydrogen) atoms. The highest BCUT2D eigenvalue weighted by Gasteiger charge is 2.23. The molecule has 1 amide bonds. The van der Waals surface area contributed by atoms with Crippen LogP contribution in [0, 0.1) is 6.92 Å². The van der Waals surface area contributed by atoms with Crippen LogP contribution in [0.2, 0.25) is 0 Å². The molecule has 1 aromatic heterocycles. The van der Waals surface area contributed by atoms with Gasteiger partial charge in [0.2, 0.25) is 11.9 Å².